The summed E-state index contributed by atoms with van der Waals surface area (Å²) >= 11 is 0. The van der Waals surface area contributed by atoms with Crippen LogP contribution in [0.25, 0.3) is 11.0 Å². The van der Waals surface area contributed by atoms with E-state index in [1.807, 2.05) is 0 Å². The zero-order valence-electron chi connectivity index (χ0n) is 15.4. The Morgan fingerprint density at radius 3 is 2.40 bits per heavy atom. The van der Waals surface area contributed by atoms with Crippen LogP contribution in [-0.2, 0) is 16.1 Å². The summed E-state index contributed by atoms with van der Waals surface area (Å²) in [4.78, 5) is 35.1. The third kappa shape index (κ3) is 5.37. The number of carbonyl (C=O) groups excluding carboxylic acids is 2. The second-order valence-electron chi connectivity index (χ2n) is 6.13. The predicted octanol–water partition coefficient (Wildman–Crippen LogP) is 4.01. The van der Waals surface area contributed by atoms with Gasteiger partial charge in [-0.2, -0.15) is 0 Å². The highest BCUT2D eigenvalue weighted by molar-refractivity contribution is 5.92. The molecule has 0 fully saturated rings. The first kappa shape index (κ1) is 20.9. The van der Waals surface area contributed by atoms with Gasteiger partial charge in [-0.15, -0.1) is 13.2 Å². The molecule has 2 aromatic carbocycles. The molecule has 1 N–H and O–H groups in total. The molecular weight excluding hydrogens is 407 g/mol. The molecule has 1 amide bonds. The number of hydrogen-bond acceptors (Lipinski definition) is 6. The Balaban J connectivity index is 1.75. The maximum Gasteiger partial charge on any atom is 0.573 e. The predicted molar refractivity (Wildman–Crippen MR) is 99.0 cm³/mol. The molecule has 0 radical (unpaired) electrons. The van der Waals surface area contributed by atoms with Gasteiger partial charge in [0.25, 0.3) is 0 Å². The maximum atomic E-state index is 12.2. The standard InChI is InChI=1S/C20H14F3NO6/c1-11(25)24-14-4-7-16-13(8-18(26)29-17(16)9-14)10-28-19(27)12-2-5-15(6-3-12)30-20(21,22)23/h2-9H,10H2,1H3,(H,24,25). The highest BCUT2D eigenvalue weighted by Gasteiger charge is 2.31. The molecule has 3 aromatic rings. The quantitative estimate of drug-likeness (QED) is 0.494. The van der Waals surface area contributed by atoms with Crippen LogP contribution < -0.4 is 15.7 Å². The Morgan fingerprint density at radius 2 is 1.77 bits per heavy atom. The summed E-state index contributed by atoms with van der Waals surface area (Å²) in [5.74, 6) is -1.57. The number of carbonyl (C=O) groups is 2. The number of fused-ring (bicyclic) bond motifs is 1. The van der Waals surface area contributed by atoms with Gasteiger partial charge in [0.05, 0.1) is 5.56 Å². The van der Waals surface area contributed by atoms with E-state index in [-0.39, 0.29) is 23.7 Å². The zero-order chi connectivity index (χ0) is 21.9. The molecule has 3 rings (SSSR count). The van der Waals surface area contributed by atoms with Gasteiger partial charge in [-0.05, 0) is 36.4 Å². The molecule has 0 atom stereocenters. The van der Waals surface area contributed by atoms with Crippen molar-refractivity contribution in [2.75, 3.05) is 5.32 Å². The molecule has 0 aliphatic carbocycles. The monoisotopic (exact) mass is 421 g/mol. The topological polar surface area (TPSA) is 94.8 Å². The number of anilines is 1. The molecule has 7 nitrogen and oxygen atoms in total. The third-order valence-electron chi connectivity index (χ3n) is 3.83. The van der Waals surface area contributed by atoms with Crippen molar-refractivity contribution in [3.8, 4) is 5.75 Å². The highest BCUT2D eigenvalue weighted by atomic mass is 19.4. The Kier molecular flexibility index (Phi) is 5.77. The van der Waals surface area contributed by atoms with Crippen LogP contribution in [0, 0.1) is 0 Å². The number of nitrogens with one attached hydrogen (secondary N) is 1. The van der Waals surface area contributed by atoms with Crippen LogP contribution in [0.15, 0.2) is 57.7 Å². The Bertz CT molecular complexity index is 1150. The summed E-state index contributed by atoms with van der Waals surface area (Å²) in [6.45, 7) is 1.05. The maximum absolute atomic E-state index is 12.2. The SMILES string of the molecule is CC(=O)Nc1ccc2c(COC(=O)c3ccc(OC(F)(F)F)cc3)cc(=O)oc2c1. The summed E-state index contributed by atoms with van der Waals surface area (Å²) in [6.07, 6.45) is -4.84. The zero-order valence-corrected chi connectivity index (χ0v) is 15.4. The van der Waals surface area contributed by atoms with E-state index in [1.54, 1.807) is 12.1 Å². The van der Waals surface area contributed by atoms with E-state index in [0.29, 0.717) is 16.6 Å². The van der Waals surface area contributed by atoms with E-state index in [1.165, 1.54) is 13.0 Å². The number of hydrogen-bond donors (Lipinski definition) is 1. The van der Waals surface area contributed by atoms with Gasteiger partial charge in [-0.3, -0.25) is 4.79 Å². The van der Waals surface area contributed by atoms with Crippen LogP contribution in [0.4, 0.5) is 18.9 Å². The van der Waals surface area contributed by atoms with E-state index >= 15 is 0 Å². The second-order valence-corrected chi connectivity index (χ2v) is 6.13. The molecule has 1 aromatic heterocycles. The minimum absolute atomic E-state index is 0.00439. The number of halogens is 3. The first-order valence-corrected chi connectivity index (χ1v) is 8.48. The minimum atomic E-state index is -4.84. The summed E-state index contributed by atoms with van der Waals surface area (Å²) in [7, 11) is 0. The van der Waals surface area contributed by atoms with Crippen LogP contribution >= 0.6 is 0 Å². The summed E-state index contributed by atoms with van der Waals surface area (Å²) in [6, 6.07) is 10.0. The van der Waals surface area contributed by atoms with Crippen molar-refractivity contribution in [3.05, 3.63) is 70.1 Å². The van der Waals surface area contributed by atoms with Gasteiger partial charge in [-0.25, -0.2) is 9.59 Å². The molecule has 0 unspecified atom stereocenters. The van der Waals surface area contributed by atoms with Crippen molar-refractivity contribution in [3.63, 3.8) is 0 Å². The van der Waals surface area contributed by atoms with Crippen molar-refractivity contribution in [2.45, 2.75) is 19.9 Å². The van der Waals surface area contributed by atoms with E-state index in [2.05, 4.69) is 10.1 Å². The molecule has 0 saturated heterocycles. The second kappa shape index (κ2) is 8.27. The fraction of sp³-hybridized carbons (Fsp3) is 0.150. The van der Waals surface area contributed by atoms with E-state index < -0.39 is 23.7 Å². The number of ether oxygens (including phenoxy) is 2. The normalized spacial score (nSPS) is 11.2. The summed E-state index contributed by atoms with van der Waals surface area (Å²) < 4.78 is 50.6. The number of rotatable bonds is 5. The van der Waals surface area contributed by atoms with Crippen LogP contribution in [0.1, 0.15) is 22.8 Å². The van der Waals surface area contributed by atoms with Crippen molar-refractivity contribution in [1.29, 1.82) is 0 Å². The summed E-state index contributed by atoms with van der Waals surface area (Å²) in [5, 5.41) is 3.05. The van der Waals surface area contributed by atoms with Gasteiger partial charge in [0.2, 0.25) is 5.91 Å². The number of benzene rings is 2. The molecule has 0 bridgehead atoms. The van der Waals surface area contributed by atoms with Crippen molar-refractivity contribution < 1.29 is 36.7 Å². The van der Waals surface area contributed by atoms with Gasteiger partial charge in [-0.1, -0.05) is 0 Å². The van der Waals surface area contributed by atoms with Crippen LogP contribution in [0.3, 0.4) is 0 Å². The highest BCUT2D eigenvalue weighted by Crippen LogP contribution is 2.24. The van der Waals surface area contributed by atoms with Gasteiger partial charge < -0.3 is 19.2 Å². The average molecular weight is 421 g/mol. The lowest BCUT2D eigenvalue weighted by Gasteiger charge is -2.10. The van der Waals surface area contributed by atoms with Gasteiger partial charge in [0, 0.05) is 35.7 Å². The lowest BCUT2D eigenvalue weighted by molar-refractivity contribution is -0.274. The minimum Gasteiger partial charge on any atom is -0.457 e. The van der Waals surface area contributed by atoms with Crippen LogP contribution in [0.5, 0.6) is 5.75 Å². The van der Waals surface area contributed by atoms with Crippen molar-refractivity contribution in [1.82, 2.24) is 0 Å². The first-order chi connectivity index (χ1) is 14.1. The van der Waals surface area contributed by atoms with Gasteiger partial charge >= 0.3 is 18.0 Å². The van der Waals surface area contributed by atoms with Crippen LogP contribution in [0.2, 0.25) is 0 Å². The Morgan fingerprint density at radius 1 is 1.07 bits per heavy atom. The lowest BCUT2D eigenvalue weighted by atomic mass is 10.1. The van der Waals surface area contributed by atoms with E-state index in [9.17, 15) is 27.6 Å². The number of esters is 1. The molecule has 1 heterocycles. The molecule has 156 valence electrons. The Hall–Kier alpha value is -3.82. The number of amides is 1. The fourth-order valence-corrected chi connectivity index (χ4v) is 2.65. The molecular formula is C20H14F3NO6. The van der Waals surface area contributed by atoms with Gasteiger partial charge in [0.1, 0.15) is 17.9 Å². The van der Waals surface area contributed by atoms with Crippen LogP contribution in [-0.4, -0.2) is 18.2 Å². The molecule has 10 heteroatoms. The largest absolute Gasteiger partial charge is 0.573 e. The first-order valence-electron chi connectivity index (χ1n) is 8.48. The molecule has 0 aliphatic rings. The summed E-state index contributed by atoms with van der Waals surface area (Å²) in [5.41, 5.74) is 0.301. The average Bonchev–Trinajstić information content (AvgIpc) is 2.64. The fourth-order valence-electron chi connectivity index (χ4n) is 2.65. The molecule has 0 saturated carbocycles. The lowest BCUT2D eigenvalue weighted by Crippen LogP contribution is -2.17. The molecule has 0 spiro atoms. The Labute approximate surface area is 167 Å². The molecule has 30 heavy (non-hydrogen) atoms. The van der Waals surface area contributed by atoms with E-state index in [4.69, 9.17) is 9.15 Å². The molecule has 0 aliphatic heterocycles. The van der Waals surface area contributed by atoms with Gasteiger partial charge in [0.15, 0.2) is 0 Å². The van der Waals surface area contributed by atoms with E-state index in [0.717, 1.165) is 30.3 Å². The van der Waals surface area contributed by atoms with Crippen molar-refractivity contribution >= 4 is 28.5 Å². The van der Waals surface area contributed by atoms with Crippen molar-refractivity contribution in [2.24, 2.45) is 0 Å². The smallest absolute Gasteiger partial charge is 0.457 e. The number of alkyl halides is 3. The third-order valence-corrected chi connectivity index (χ3v) is 3.83.